The highest BCUT2D eigenvalue weighted by atomic mass is 35.5. The van der Waals surface area contributed by atoms with Gasteiger partial charge in [-0.15, -0.1) is 0 Å². The zero-order valence-corrected chi connectivity index (χ0v) is 14.3. The van der Waals surface area contributed by atoms with Gasteiger partial charge in [0, 0.05) is 13.1 Å². The number of hydrogen-bond donors (Lipinski definition) is 0. The molecule has 1 aromatic carbocycles. The maximum atomic E-state index is 6.02. The molecular weight excluding hydrogens is 335 g/mol. The van der Waals surface area contributed by atoms with Crippen LogP contribution in [0.1, 0.15) is 12.5 Å². The summed E-state index contributed by atoms with van der Waals surface area (Å²) >= 11 is 11.9. The van der Waals surface area contributed by atoms with Crippen LogP contribution in [0.4, 0.5) is 0 Å². The molecule has 1 atom stereocenters. The highest BCUT2D eigenvalue weighted by Gasteiger charge is 2.22. The van der Waals surface area contributed by atoms with E-state index >= 15 is 0 Å². The van der Waals surface area contributed by atoms with E-state index in [0.717, 1.165) is 36.7 Å². The molecule has 0 bridgehead atoms. The minimum absolute atomic E-state index is 0.00219. The number of fused-ring (bicyclic) bond motifs is 1. The van der Waals surface area contributed by atoms with Gasteiger partial charge in [-0.3, -0.25) is 4.90 Å². The van der Waals surface area contributed by atoms with Crippen LogP contribution in [0.5, 0.6) is 11.5 Å². The van der Waals surface area contributed by atoms with Gasteiger partial charge in [-0.1, -0.05) is 42.3 Å². The molecule has 0 fully saturated rings. The first kappa shape index (κ1) is 16.4. The molecule has 2 heterocycles. The van der Waals surface area contributed by atoms with E-state index in [-0.39, 0.29) is 6.10 Å². The van der Waals surface area contributed by atoms with Crippen molar-refractivity contribution < 1.29 is 9.47 Å². The second-order valence-corrected chi connectivity index (χ2v) is 6.22. The quantitative estimate of drug-likeness (QED) is 0.760. The molecule has 0 saturated carbocycles. The summed E-state index contributed by atoms with van der Waals surface area (Å²) in [6.45, 7) is 5.05. The van der Waals surface area contributed by atoms with Crippen LogP contribution in [-0.4, -0.2) is 35.7 Å². The number of likely N-dealkylation sites (N-methyl/N-ethyl adjacent to an activating group) is 1. The monoisotopic (exact) mass is 352 g/mol. The van der Waals surface area contributed by atoms with Crippen molar-refractivity contribution in [1.29, 1.82) is 0 Å². The maximum absolute atomic E-state index is 6.02. The van der Waals surface area contributed by atoms with Crippen molar-refractivity contribution in [3.63, 3.8) is 0 Å². The zero-order valence-electron chi connectivity index (χ0n) is 12.8. The summed E-state index contributed by atoms with van der Waals surface area (Å²) in [4.78, 5) is 6.24. The number of nitrogens with zero attached hydrogens (tertiary/aromatic N) is 2. The Morgan fingerprint density at radius 2 is 1.87 bits per heavy atom. The summed E-state index contributed by atoms with van der Waals surface area (Å²) in [5, 5.41) is 0.824. The van der Waals surface area contributed by atoms with E-state index in [4.69, 9.17) is 32.7 Å². The van der Waals surface area contributed by atoms with Gasteiger partial charge in [0.15, 0.2) is 11.5 Å². The normalized spacial score (nSPS) is 16.6. The van der Waals surface area contributed by atoms with Gasteiger partial charge in [-0.2, -0.15) is 0 Å². The highest BCUT2D eigenvalue weighted by molar-refractivity contribution is 6.32. The SMILES string of the molecule is CCN(Cc1cc(Cl)nc(Cl)c1)CC1COc2ccccc2O1. The Labute approximate surface area is 145 Å². The number of hydrogen-bond acceptors (Lipinski definition) is 4. The first-order chi connectivity index (χ1) is 11.1. The van der Waals surface area contributed by atoms with Gasteiger partial charge in [-0.05, 0) is 36.4 Å². The van der Waals surface area contributed by atoms with Crippen molar-refractivity contribution in [1.82, 2.24) is 9.88 Å². The number of ether oxygens (including phenoxy) is 2. The molecule has 1 aliphatic heterocycles. The number of halogens is 2. The molecule has 0 amide bonds. The van der Waals surface area contributed by atoms with E-state index in [0.29, 0.717) is 16.9 Å². The zero-order chi connectivity index (χ0) is 16.2. The molecule has 23 heavy (non-hydrogen) atoms. The predicted octanol–water partition coefficient (Wildman–Crippen LogP) is 4.05. The van der Waals surface area contributed by atoms with Crippen molar-refractivity contribution in [2.75, 3.05) is 19.7 Å². The van der Waals surface area contributed by atoms with E-state index in [1.54, 1.807) is 0 Å². The van der Waals surface area contributed by atoms with Gasteiger partial charge in [-0.25, -0.2) is 4.98 Å². The molecular formula is C17H18Cl2N2O2. The fraction of sp³-hybridized carbons (Fsp3) is 0.353. The van der Waals surface area contributed by atoms with E-state index in [9.17, 15) is 0 Å². The fourth-order valence-electron chi connectivity index (χ4n) is 2.61. The third kappa shape index (κ3) is 4.28. The number of para-hydroxylation sites is 2. The van der Waals surface area contributed by atoms with Gasteiger partial charge >= 0.3 is 0 Å². The lowest BCUT2D eigenvalue weighted by Crippen LogP contribution is -2.40. The Balaban J connectivity index is 1.64. The first-order valence-electron chi connectivity index (χ1n) is 7.57. The minimum atomic E-state index is -0.00219. The lowest BCUT2D eigenvalue weighted by Gasteiger charge is -2.30. The van der Waals surface area contributed by atoms with E-state index in [2.05, 4.69) is 16.8 Å². The molecule has 0 spiro atoms. The van der Waals surface area contributed by atoms with Crippen LogP contribution < -0.4 is 9.47 Å². The molecule has 0 saturated heterocycles. The summed E-state index contributed by atoms with van der Waals surface area (Å²) < 4.78 is 11.8. The Morgan fingerprint density at radius 1 is 1.17 bits per heavy atom. The van der Waals surface area contributed by atoms with Gasteiger partial charge in [0.05, 0.1) is 0 Å². The van der Waals surface area contributed by atoms with Crippen LogP contribution in [0.3, 0.4) is 0 Å². The Kier molecular flexibility index (Phi) is 5.26. The smallest absolute Gasteiger partial charge is 0.161 e. The third-order valence-electron chi connectivity index (χ3n) is 3.71. The molecule has 3 rings (SSSR count). The second kappa shape index (κ2) is 7.39. The van der Waals surface area contributed by atoms with Gasteiger partial charge in [0.2, 0.25) is 0 Å². The molecule has 4 nitrogen and oxygen atoms in total. The summed E-state index contributed by atoms with van der Waals surface area (Å²) in [5.41, 5.74) is 1.04. The average Bonchev–Trinajstić information content (AvgIpc) is 2.53. The van der Waals surface area contributed by atoms with Crippen LogP contribution >= 0.6 is 23.2 Å². The van der Waals surface area contributed by atoms with E-state index in [1.807, 2.05) is 36.4 Å². The summed E-state index contributed by atoms with van der Waals surface area (Å²) in [6, 6.07) is 11.4. The van der Waals surface area contributed by atoms with Crippen LogP contribution in [0.15, 0.2) is 36.4 Å². The Bertz CT molecular complexity index is 661. The van der Waals surface area contributed by atoms with Crippen molar-refractivity contribution in [3.05, 3.63) is 52.3 Å². The van der Waals surface area contributed by atoms with E-state index < -0.39 is 0 Å². The molecule has 6 heteroatoms. The predicted molar refractivity (Wildman–Crippen MR) is 91.6 cm³/mol. The van der Waals surface area contributed by atoms with Crippen molar-refractivity contribution in [2.24, 2.45) is 0 Å². The van der Waals surface area contributed by atoms with Crippen molar-refractivity contribution >= 4 is 23.2 Å². The summed E-state index contributed by atoms with van der Waals surface area (Å²) in [6.07, 6.45) is -0.00219. The molecule has 1 aliphatic rings. The van der Waals surface area contributed by atoms with Crippen LogP contribution in [0.2, 0.25) is 10.3 Å². The molecule has 0 radical (unpaired) electrons. The fourth-order valence-corrected chi connectivity index (χ4v) is 3.12. The van der Waals surface area contributed by atoms with Gasteiger partial charge in [0.25, 0.3) is 0 Å². The van der Waals surface area contributed by atoms with Gasteiger partial charge < -0.3 is 9.47 Å². The average molecular weight is 353 g/mol. The largest absolute Gasteiger partial charge is 0.486 e. The van der Waals surface area contributed by atoms with Gasteiger partial charge in [0.1, 0.15) is 23.0 Å². The first-order valence-corrected chi connectivity index (χ1v) is 8.32. The lowest BCUT2D eigenvalue weighted by molar-refractivity contribution is 0.0580. The van der Waals surface area contributed by atoms with E-state index in [1.165, 1.54) is 0 Å². The van der Waals surface area contributed by atoms with Crippen molar-refractivity contribution in [3.8, 4) is 11.5 Å². The molecule has 0 aliphatic carbocycles. The molecule has 122 valence electrons. The number of rotatable bonds is 5. The molecule has 1 unspecified atom stereocenters. The number of pyridine rings is 1. The Hall–Kier alpha value is -1.49. The number of benzene rings is 1. The maximum Gasteiger partial charge on any atom is 0.161 e. The number of aromatic nitrogens is 1. The molecule has 2 aromatic rings. The summed E-state index contributed by atoms with van der Waals surface area (Å²) in [7, 11) is 0. The molecule has 1 aromatic heterocycles. The van der Waals surface area contributed by atoms with Crippen LogP contribution in [0, 0.1) is 0 Å². The van der Waals surface area contributed by atoms with Crippen LogP contribution in [-0.2, 0) is 6.54 Å². The topological polar surface area (TPSA) is 34.6 Å². The Morgan fingerprint density at radius 3 is 2.57 bits per heavy atom. The third-order valence-corrected chi connectivity index (χ3v) is 4.09. The van der Waals surface area contributed by atoms with Crippen LogP contribution in [0.25, 0.3) is 0 Å². The minimum Gasteiger partial charge on any atom is -0.486 e. The standard InChI is InChI=1S/C17H18Cl2N2O2/c1-2-21(9-12-7-16(18)20-17(19)8-12)10-13-11-22-14-5-3-4-6-15(14)23-13/h3-8,13H,2,9-11H2,1H3. The highest BCUT2D eigenvalue weighted by Crippen LogP contribution is 2.31. The lowest BCUT2D eigenvalue weighted by atomic mass is 10.2. The second-order valence-electron chi connectivity index (χ2n) is 5.45. The molecule has 0 N–H and O–H groups in total. The van der Waals surface area contributed by atoms with Crippen molar-refractivity contribution in [2.45, 2.75) is 19.6 Å². The summed E-state index contributed by atoms with van der Waals surface area (Å²) in [5.74, 6) is 1.61.